The van der Waals surface area contributed by atoms with Crippen LogP contribution in [0.4, 0.5) is 5.69 Å². The number of nitrogens with one attached hydrogen (secondary N) is 2. The van der Waals surface area contributed by atoms with Crippen molar-refractivity contribution in [2.24, 2.45) is 5.41 Å². The normalized spacial score (nSPS) is 17.2. The van der Waals surface area contributed by atoms with Gasteiger partial charge < -0.3 is 10.6 Å². The summed E-state index contributed by atoms with van der Waals surface area (Å²) in [6.07, 6.45) is 4.93. The topological polar surface area (TPSA) is 41.1 Å². The Morgan fingerprint density at radius 1 is 1.37 bits per heavy atom. The first-order valence-corrected chi connectivity index (χ1v) is 7.17. The van der Waals surface area contributed by atoms with Crippen molar-refractivity contribution in [2.75, 3.05) is 18.9 Å². The molecule has 1 aromatic carbocycles. The maximum atomic E-state index is 12.3. The Morgan fingerprint density at radius 2 is 2.05 bits per heavy atom. The van der Waals surface area contributed by atoms with Gasteiger partial charge in [0.2, 0.25) is 0 Å². The predicted molar refractivity (Wildman–Crippen MR) is 79.9 cm³/mol. The Kier molecular flexibility index (Phi) is 4.35. The van der Waals surface area contributed by atoms with Gasteiger partial charge in [-0.25, -0.2) is 0 Å². The van der Waals surface area contributed by atoms with Crippen molar-refractivity contribution in [3.05, 3.63) is 28.8 Å². The molecule has 0 radical (unpaired) electrons. The average molecular weight is 281 g/mol. The van der Waals surface area contributed by atoms with Gasteiger partial charge in [0.05, 0.1) is 5.56 Å². The van der Waals surface area contributed by atoms with Gasteiger partial charge in [0, 0.05) is 24.3 Å². The van der Waals surface area contributed by atoms with Crippen molar-refractivity contribution in [1.82, 2.24) is 5.32 Å². The third-order valence-corrected chi connectivity index (χ3v) is 4.22. The van der Waals surface area contributed by atoms with Crippen LogP contribution in [0, 0.1) is 5.41 Å². The molecule has 1 fully saturated rings. The molecule has 0 heterocycles. The summed E-state index contributed by atoms with van der Waals surface area (Å²) in [5.41, 5.74) is 1.67. The molecule has 0 atom stereocenters. The summed E-state index contributed by atoms with van der Waals surface area (Å²) in [6.45, 7) is 2.98. The van der Waals surface area contributed by atoms with Crippen LogP contribution in [0.2, 0.25) is 5.02 Å². The van der Waals surface area contributed by atoms with E-state index in [1.165, 1.54) is 25.7 Å². The minimum atomic E-state index is -0.0556. The number of hydrogen-bond donors (Lipinski definition) is 2. The molecular weight excluding hydrogens is 260 g/mol. The molecule has 0 bridgehead atoms. The molecule has 1 aromatic rings. The number of amides is 1. The van der Waals surface area contributed by atoms with Crippen LogP contribution >= 0.6 is 11.6 Å². The summed E-state index contributed by atoms with van der Waals surface area (Å²) in [7, 11) is 1.80. The van der Waals surface area contributed by atoms with E-state index in [1.54, 1.807) is 19.2 Å². The standard InChI is InChI=1S/C15H21ClN2O/c1-15(7-3-4-8-15)10-18-14(19)12-9-11(16)5-6-13(12)17-2/h5-6,9,17H,3-4,7-8,10H2,1-2H3,(H,18,19). The summed E-state index contributed by atoms with van der Waals surface area (Å²) in [4.78, 5) is 12.3. The van der Waals surface area contributed by atoms with Gasteiger partial charge in [0.25, 0.3) is 5.91 Å². The number of carbonyl (C=O) groups excluding carboxylic acids is 1. The van der Waals surface area contributed by atoms with E-state index in [9.17, 15) is 4.79 Å². The minimum Gasteiger partial charge on any atom is -0.387 e. The number of hydrogen-bond acceptors (Lipinski definition) is 2. The molecule has 1 saturated carbocycles. The molecule has 19 heavy (non-hydrogen) atoms. The summed E-state index contributed by atoms with van der Waals surface area (Å²) >= 11 is 5.96. The molecule has 2 N–H and O–H groups in total. The van der Waals surface area contributed by atoms with Gasteiger partial charge in [-0.1, -0.05) is 31.4 Å². The largest absolute Gasteiger partial charge is 0.387 e. The fourth-order valence-electron chi connectivity index (χ4n) is 2.72. The van der Waals surface area contributed by atoms with Gasteiger partial charge in [-0.2, -0.15) is 0 Å². The molecule has 0 aromatic heterocycles. The van der Waals surface area contributed by atoms with Crippen molar-refractivity contribution in [3.8, 4) is 0 Å². The summed E-state index contributed by atoms with van der Waals surface area (Å²) in [6, 6.07) is 5.32. The lowest BCUT2D eigenvalue weighted by atomic mass is 9.89. The van der Waals surface area contributed by atoms with E-state index >= 15 is 0 Å². The second kappa shape index (κ2) is 5.83. The Bertz CT molecular complexity index is 467. The van der Waals surface area contributed by atoms with Crippen molar-refractivity contribution in [3.63, 3.8) is 0 Å². The second-order valence-electron chi connectivity index (χ2n) is 5.64. The SMILES string of the molecule is CNc1ccc(Cl)cc1C(=O)NCC1(C)CCCC1. The van der Waals surface area contributed by atoms with Crippen LogP contribution in [-0.4, -0.2) is 19.5 Å². The van der Waals surface area contributed by atoms with Crippen molar-refractivity contribution in [1.29, 1.82) is 0 Å². The molecule has 0 unspecified atom stereocenters. The Balaban J connectivity index is 2.05. The number of halogens is 1. The average Bonchev–Trinajstić information content (AvgIpc) is 2.83. The van der Waals surface area contributed by atoms with E-state index in [0.29, 0.717) is 10.6 Å². The lowest BCUT2D eigenvalue weighted by Crippen LogP contribution is -2.34. The molecular formula is C15H21ClN2O. The maximum Gasteiger partial charge on any atom is 0.253 e. The van der Waals surface area contributed by atoms with Crippen LogP contribution in [0.25, 0.3) is 0 Å². The lowest BCUT2D eigenvalue weighted by Gasteiger charge is -2.24. The zero-order valence-electron chi connectivity index (χ0n) is 11.6. The van der Waals surface area contributed by atoms with Gasteiger partial charge in [-0.05, 0) is 36.5 Å². The molecule has 1 aliphatic rings. The first kappa shape index (κ1) is 14.2. The van der Waals surface area contributed by atoms with E-state index in [1.807, 2.05) is 6.07 Å². The predicted octanol–water partition coefficient (Wildman–Crippen LogP) is 3.69. The molecule has 0 spiro atoms. The minimum absolute atomic E-state index is 0.0556. The molecule has 104 valence electrons. The monoisotopic (exact) mass is 280 g/mol. The van der Waals surface area contributed by atoms with Crippen LogP contribution in [0.1, 0.15) is 43.0 Å². The summed E-state index contributed by atoms with van der Waals surface area (Å²) < 4.78 is 0. The van der Waals surface area contributed by atoms with E-state index < -0.39 is 0 Å². The first-order chi connectivity index (χ1) is 9.04. The molecule has 0 aliphatic heterocycles. The molecule has 1 amide bonds. The Hall–Kier alpha value is -1.22. The number of carbonyl (C=O) groups is 1. The highest BCUT2D eigenvalue weighted by Crippen LogP contribution is 2.36. The van der Waals surface area contributed by atoms with E-state index in [0.717, 1.165) is 12.2 Å². The Labute approximate surface area is 119 Å². The highest BCUT2D eigenvalue weighted by Gasteiger charge is 2.29. The Morgan fingerprint density at radius 3 is 2.68 bits per heavy atom. The number of rotatable bonds is 4. The maximum absolute atomic E-state index is 12.3. The van der Waals surface area contributed by atoms with Crippen LogP contribution in [0.5, 0.6) is 0 Å². The van der Waals surface area contributed by atoms with Gasteiger partial charge in [-0.3, -0.25) is 4.79 Å². The van der Waals surface area contributed by atoms with Crippen molar-refractivity contribution >= 4 is 23.2 Å². The second-order valence-corrected chi connectivity index (χ2v) is 6.08. The van der Waals surface area contributed by atoms with E-state index in [2.05, 4.69) is 17.6 Å². The quantitative estimate of drug-likeness (QED) is 0.883. The zero-order chi connectivity index (χ0) is 13.9. The van der Waals surface area contributed by atoms with Gasteiger partial charge in [0.15, 0.2) is 0 Å². The smallest absolute Gasteiger partial charge is 0.253 e. The lowest BCUT2D eigenvalue weighted by molar-refractivity contribution is 0.0935. The van der Waals surface area contributed by atoms with Crippen LogP contribution in [-0.2, 0) is 0 Å². The highest BCUT2D eigenvalue weighted by molar-refractivity contribution is 6.31. The molecule has 3 nitrogen and oxygen atoms in total. The zero-order valence-corrected chi connectivity index (χ0v) is 12.3. The number of anilines is 1. The molecule has 0 saturated heterocycles. The summed E-state index contributed by atoms with van der Waals surface area (Å²) in [5.74, 6) is -0.0556. The van der Waals surface area contributed by atoms with Gasteiger partial charge >= 0.3 is 0 Å². The third kappa shape index (κ3) is 3.41. The molecule has 4 heteroatoms. The van der Waals surface area contributed by atoms with Crippen LogP contribution < -0.4 is 10.6 Å². The van der Waals surface area contributed by atoms with Gasteiger partial charge in [0.1, 0.15) is 0 Å². The first-order valence-electron chi connectivity index (χ1n) is 6.80. The van der Waals surface area contributed by atoms with E-state index in [-0.39, 0.29) is 11.3 Å². The highest BCUT2D eigenvalue weighted by atomic mass is 35.5. The van der Waals surface area contributed by atoms with Crippen molar-refractivity contribution < 1.29 is 4.79 Å². The molecule has 1 aliphatic carbocycles. The van der Waals surface area contributed by atoms with Crippen LogP contribution in [0.15, 0.2) is 18.2 Å². The fourth-order valence-corrected chi connectivity index (χ4v) is 2.89. The van der Waals surface area contributed by atoms with Crippen LogP contribution in [0.3, 0.4) is 0 Å². The van der Waals surface area contributed by atoms with E-state index in [4.69, 9.17) is 11.6 Å². The van der Waals surface area contributed by atoms with Gasteiger partial charge in [-0.15, -0.1) is 0 Å². The fraction of sp³-hybridized carbons (Fsp3) is 0.533. The number of benzene rings is 1. The summed E-state index contributed by atoms with van der Waals surface area (Å²) in [5, 5.41) is 6.65. The molecule has 2 rings (SSSR count). The van der Waals surface area contributed by atoms with Crippen molar-refractivity contribution in [2.45, 2.75) is 32.6 Å². The third-order valence-electron chi connectivity index (χ3n) is 3.98.